The van der Waals surface area contributed by atoms with Gasteiger partial charge in [0.1, 0.15) is 17.2 Å². The van der Waals surface area contributed by atoms with Crippen molar-refractivity contribution in [3.8, 4) is 0 Å². The number of nitrogens with one attached hydrogen (secondary N) is 1. The van der Waals surface area contributed by atoms with Crippen molar-refractivity contribution >= 4 is 24.2 Å². The maximum Gasteiger partial charge on any atom is 0.437 e. The first-order valence-electron chi connectivity index (χ1n) is 12.4. The Hall–Kier alpha value is -3.42. The molecule has 1 aromatic heterocycles. The van der Waals surface area contributed by atoms with Crippen molar-refractivity contribution in [2.45, 2.75) is 84.1 Å². The van der Waals surface area contributed by atoms with Crippen molar-refractivity contribution in [3.63, 3.8) is 0 Å². The van der Waals surface area contributed by atoms with E-state index in [1.54, 1.807) is 51.3 Å². The Labute approximate surface area is 214 Å². The molecule has 4 rings (SSSR count). The largest absolute Gasteiger partial charge is 0.444 e. The highest BCUT2D eigenvalue weighted by Crippen LogP contribution is 2.37. The van der Waals surface area contributed by atoms with E-state index in [-0.39, 0.29) is 24.0 Å². The molecular formula is C23H35N7O7. The molecule has 3 saturated heterocycles. The molecule has 4 heterocycles. The number of guanidine groups is 1. The second-order valence-electron chi connectivity index (χ2n) is 11.6. The van der Waals surface area contributed by atoms with Gasteiger partial charge in [-0.05, 0) is 54.4 Å². The third-order valence-electron chi connectivity index (χ3n) is 6.04. The van der Waals surface area contributed by atoms with E-state index in [4.69, 9.17) is 13.9 Å². The van der Waals surface area contributed by atoms with Gasteiger partial charge in [-0.1, -0.05) is 0 Å². The second-order valence-corrected chi connectivity index (χ2v) is 11.6. The lowest BCUT2D eigenvalue weighted by Gasteiger charge is -2.40. The first-order valence-corrected chi connectivity index (χ1v) is 12.4. The molecule has 204 valence electrons. The summed E-state index contributed by atoms with van der Waals surface area (Å²) < 4.78 is 16.4. The molecular weight excluding hydrogens is 486 g/mol. The number of hydroxylamine groups is 2. The molecule has 37 heavy (non-hydrogen) atoms. The fraction of sp³-hybridized carbons (Fsp3) is 0.739. The van der Waals surface area contributed by atoms with Gasteiger partial charge >= 0.3 is 18.2 Å². The number of alkyl carbamates (subject to hydrolysis) is 1. The summed E-state index contributed by atoms with van der Waals surface area (Å²) in [6.07, 6.45) is 0.213. The van der Waals surface area contributed by atoms with Crippen LogP contribution in [0.1, 0.15) is 72.2 Å². The van der Waals surface area contributed by atoms with E-state index in [0.717, 1.165) is 5.06 Å². The molecule has 0 aromatic carbocycles. The van der Waals surface area contributed by atoms with Gasteiger partial charge in [0, 0.05) is 32.0 Å². The fourth-order valence-electron chi connectivity index (χ4n) is 4.45. The molecule has 3 aliphatic heterocycles. The van der Waals surface area contributed by atoms with Gasteiger partial charge in [0.2, 0.25) is 17.7 Å². The highest BCUT2D eigenvalue weighted by Gasteiger charge is 2.46. The SMILES string of the molecule is CC(C)(C)OC(=O)N=C(NC(=O)OC(C)(C)C)N1CC(Cc2nnc([C@@H]3CC[C@H]4CN3C(=O)N4O)o2)C1. The molecule has 2 N–H and O–H groups in total. The number of aromatic nitrogens is 2. The molecule has 2 atom stereocenters. The minimum Gasteiger partial charge on any atom is -0.444 e. The van der Waals surface area contributed by atoms with Gasteiger partial charge in [-0.25, -0.2) is 19.4 Å². The number of hydrogen-bond acceptors (Lipinski definition) is 9. The number of nitrogens with zero attached hydrogens (tertiary/aromatic N) is 6. The first-order chi connectivity index (χ1) is 17.2. The molecule has 0 saturated carbocycles. The van der Waals surface area contributed by atoms with Crippen molar-refractivity contribution in [2.24, 2.45) is 10.9 Å². The summed E-state index contributed by atoms with van der Waals surface area (Å²) in [5, 5.41) is 21.5. The summed E-state index contributed by atoms with van der Waals surface area (Å²) in [4.78, 5) is 44.1. The van der Waals surface area contributed by atoms with Crippen molar-refractivity contribution in [3.05, 3.63) is 11.8 Å². The summed E-state index contributed by atoms with van der Waals surface area (Å²) in [5.74, 6) is 0.936. The lowest BCUT2D eigenvalue weighted by atomic mass is 9.97. The van der Waals surface area contributed by atoms with Crippen LogP contribution in [0.4, 0.5) is 14.4 Å². The van der Waals surface area contributed by atoms with Crippen LogP contribution in [-0.2, 0) is 15.9 Å². The molecule has 4 amide bonds. The molecule has 14 nitrogen and oxygen atoms in total. The number of fused-ring (bicyclic) bond motifs is 2. The predicted octanol–water partition coefficient (Wildman–Crippen LogP) is 2.69. The van der Waals surface area contributed by atoms with Crippen LogP contribution in [0.2, 0.25) is 0 Å². The van der Waals surface area contributed by atoms with Crippen LogP contribution in [0.3, 0.4) is 0 Å². The van der Waals surface area contributed by atoms with Crippen LogP contribution in [0.5, 0.6) is 0 Å². The Morgan fingerprint density at radius 2 is 1.76 bits per heavy atom. The van der Waals surface area contributed by atoms with E-state index in [0.29, 0.717) is 50.7 Å². The number of ether oxygens (including phenoxy) is 2. The number of hydrogen-bond donors (Lipinski definition) is 2. The van der Waals surface area contributed by atoms with E-state index in [9.17, 15) is 19.6 Å². The number of aliphatic imine (C=N–C) groups is 1. The zero-order valence-corrected chi connectivity index (χ0v) is 22.1. The highest BCUT2D eigenvalue weighted by molar-refractivity contribution is 5.99. The summed E-state index contributed by atoms with van der Waals surface area (Å²) >= 11 is 0. The summed E-state index contributed by atoms with van der Waals surface area (Å²) in [6, 6.07) is -1.00. The predicted molar refractivity (Wildman–Crippen MR) is 128 cm³/mol. The Kier molecular flexibility index (Phi) is 7.06. The standard InChI is InChI=1S/C23H35N7O7/c1-22(2,3)36-19(31)24-18(25-20(32)37-23(4,5)6)28-10-13(11-28)9-16-26-27-17(35-16)15-8-7-14-12-29(15)21(33)30(14)34/h13-15,34H,7-12H2,1-6H3,(H,24,25,31,32)/t14-,15-/m0/s1. The van der Waals surface area contributed by atoms with Gasteiger partial charge in [-0.2, -0.15) is 0 Å². The summed E-state index contributed by atoms with van der Waals surface area (Å²) in [7, 11) is 0. The van der Waals surface area contributed by atoms with E-state index in [2.05, 4.69) is 20.5 Å². The van der Waals surface area contributed by atoms with Crippen molar-refractivity contribution in [2.75, 3.05) is 19.6 Å². The van der Waals surface area contributed by atoms with Gasteiger partial charge in [0.15, 0.2) is 0 Å². The minimum absolute atomic E-state index is 0.0452. The lowest BCUT2D eigenvalue weighted by Crippen LogP contribution is -2.57. The third kappa shape index (κ3) is 6.48. The number of amides is 4. The van der Waals surface area contributed by atoms with Crippen LogP contribution in [-0.4, -0.2) is 91.3 Å². The maximum absolute atomic E-state index is 12.3. The van der Waals surface area contributed by atoms with Crippen molar-refractivity contribution < 1.29 is 33.5 Å². The average Bonchev–Trinajstić information content (AvgIpc) is 3.27. The summed E-state index contributed by atoms with van der Waals surface area (Å²) in [5.41, 5.74) is -1.46. The quantitative estimate of drug-likeness (QED) is 0.343. The summed E-state index contributed by atoms with van der Waals surface area (Å²) in [6.45, 7) is 11.8. The maximum atomic E-state index is 12.3. The molecule has 0 radical (unpaired) electrons. The fourth-order valence-corrected chi connectivity index (χ4v) is 4.45. The number of piperidine rings is 1. The van der Waals surface area contributed by atoms with Crippen LogP contribution < -0.4 is 5.32 Å². The van der Waals surface area contributed by atoms with Gasteiger partial charge < -0.3 is 23.7 Å². The smallest absolute Gasteiger partial charge is 0.437 e. The minimum atomic E-state index is -0.823. The highest BCUT2D eigenvalue weighted by atomic mass is 16.6. The Morgan fingerprint density at radius 1 is 1.08 bits per heavy atom. The Morgan fingerprint density at radius 3 is 2.41 bits per heavy atom. The van der Waals surface area contributed by atoms with E-state index >= 15 is 0 Å². The number of carbonyl (C=O) groups is 3. The number of likely N-dealkylation sites (tertiary alicyclic amines) is 1. The average molecular weight is 522 g/mol. The molecule has 2 bridgehead atoms. The van der Waals surface area contributed by atoms with Crippen LogP contribution in [0, 0.1) is 5.92 Å². The molecule has 14 heteroatoms. The Balaban J connectivity index is 1.36. The molecule has 3 fully saturated rings. The third-order valence-corrected chi connectivity index (χ3v) is 6.04. The van der Waals surface area contributed by atoms with E-state index in [1.807, 2.05) is 0 Å². The molecule has 3 aliphatic rings. The molecule has 0 unspecified atom stereocenters. The van der Waals surface area contributed by atoms with Crippen LogP contribution >= 0.6 is 0 Å². The topological polar surface area (TPSA) is 163 Å². The molecule has 0 aliphatic carbocycles. The van der Waals surface area contributed by atoms with Crippen molar-refractivity contribution in [1.29, 1.82) is 0 Å². The van der Waals surface area contributed by atoms with Crippen molar-refractivity contribution in [1.82, 2.24) is 30.4 Å². The van der Waals surface area contributed by atoms with Gasteiger partial charge in [0.05, 0.1) is 6.04 Å². The van der Waals surface area contributed by atoms with Gasteiger partial charge in [-0.15, -0.1) is 15.2 Å². The normalized spacial score (nSPS) is 22.7. The first kappa shape index (κ1) is 26.6. The zero-order chi connectivity index (χ0) is 27.1. The molecule has 1 aromatic rings. The lowest BCUT2D eigenvalue weighted by molar-refractivity contribution is -0.0584. The monoisotopic (exact) mass is 521 g/mol. The van der Waals surface area contributed by atoms with Gasteiger partial charge in [-0.3, -0.25) is 10.5 Å². The van der Waals surface area contributed by atoms with E-state index < -0.39 is 29.4 Å². The Bertz CT molecular complexity index is 1070. The molecule has 0 spiro atoms. The van der Waals surface area contributed by atoms with Gasteiger partial charge in [0.25, 0.3) is 0 Å². The number of carbonyl (C=O) groups excluding carboxylic acids is 3. The van der Waals surface area contributed by atoms with E-state index in [1.165, 1.54) is 0 Å². The van der Waals surface area contributed by atoms with Crippen LogP contribution in [0.25, 0.3) is 0 Å². The van der Waals surface area contributed by atoms with Crippen LogP contribution in [0.15, 0.2) is 9.41 Å². The number of urea groups is 1. The zero-order valence-electron chi connectivity index (χ0n) is 22.1. The second kappa shape index (κ2) is 9.80. The number of rotatable bonds is 3.